The Morgan fingerprint density at radius 2 is 2.30 bits per heavy atom. The molecule has 2 atom stereocenters. The van der Waals surface area contributed by atoms with Crippen molar-refractivity contribution in [3.05, 3.63) is 0 Å². The van der Waals surface area contributed by atoms with E-state index in [0.717, 1.165) is 12.1 Å². The summed E-state index contributed by atoms with van der Waals surface area (Å²) in [7, 11) is 0. The zero-order valence-electron chi connectivity index (χ0n) is 6.02. The molecule has 2 unspecified atom stereocenters. The second kappa shape index (κ2) is 2.95. The molecule has 3 fully saturated rings. The monoisotopic (exact) mass is 252 g/mol. The number of nitrogens with zero attached hydrogens (tertiary/aromatic N) is 1. The van der Waals surface area contributed by atoms with Crippen LogP contribution in [0.15, 0.2) is 0 Å². The van der Waals surface area contributed by atoms with Crippen molar-refractivity contribution in [2.45, 2.75) is 31.3 Å². The smallest absolute Gasteiger partial charge is 0.0319 e. The molecule has 3 aliphatic rings. The zero-order valence-corrected chi connectivity index (χ0v) is 8.17. The van der Waals surface area contributed by atoms with Crippen LogP contribution in [0.5, 0.6) is 0 Å². The van der Waals surface area contributed by atoms with E-state index in [1.807, 2.05) is 0 Å². The summed E-state index contributed by atoms with van der Waals surface area (Å²) in [6, 6.07) is 1.61. The molecule has 0 aromatic carbocycles. The van der Waals surface area contributed by atoms with E-state index in [0.29, 0.717) is 0 Å². The third kappa shape index (κ3) is 1.31. The Hall–Kier alpha value is 0.650. The predicted molar refractivity (Wildman–Crippen MR) is 50.2 cm³/mol. The molecule has 0 spiro atoms. The number of halogens is 1. The van der Waals surface area contributed by atoms with E-state index in [9.17, 15) is 0 Å². The van der Waals surface area contributed by atoms with E-state index < -0.39 is 0 Å². The Kier molecular flexibility index (Phi) is 2.15. The maximum atomic E-state index is 3.56. The Bertz CT molecular complexity index is 125. The summed E-state index contributed by atoms with van der Waals surface area (Å²) in [5.74, 6) is 0. The molecule has 1 N–H and O–H groups in total. The molecule has 10 heavy (non-hydrogen) atoms. The van der Waals surface area contributed by atoms with Crippen LogP contribution in [0.25, 0.3) is 0 Å². The highest BCUT2D eigenvalue weighted by molar-refractivity contribution is 14.1. The highest BCUT2D eigenvalue weighted by atomic mass is 127. The van der Waals surface area contributed by atoms with Crippen molar-refractivity contribution in [2.75, 3.05) is 13.1 Å². The van der Waals surface area contributed by atoms with Gasteiger partial charge in [0.05, 0.1) is 0 Å². The summed E-state index contributed by atoms with van der Waals surface area (Å²) in [6.45, 7) is 2.47. The zero-order chi connectivity index (χ0) is 6.97. The lowest BCUT2D eigenvalue weighted by Crippen LogP contribution is -2.50. The van der Waals surface area contributed by atoms with Gasteiger partial charge in [0.1, 0.15) is 0 Å². The van der Waals surface area contributed by atoms with Crippen molar-refractivity contribution >= 4 is 22.9 Å². The lowest BCUT2D eigenvalue weighted by molar-refractivity contribution is 0.285. The normalized spacial score (nSPS) is 41.7. The van der Waals surface area contributed by atoms with Crippen LogP contribution in [0.4, 0.5) is 0 Å². The van der Waals surface area contributed by atoms with Crippen molar-refractivity contribution in [1.29, 1.82) is 0 Å². The van der Waals surface area contributed by atoms with Gasteiger partial charge in [0.15, 0.2) is 0 Å². The van der Waals surface area contributed by atoms with Crippen molar-refractivity contribution in [3.63, 3.8) is 0 Å². The van der Waals surface area contributed by atoms with E-state index >= 15 is 0 Å². The molecule has 58 valence electrons. The number of hydrogen-bond acceptors (Lipinski definition) is 2. The van der Waals surface area contributed by atoms with Gasteiger partial charge in [-0.15, -0.1) is 0 Å². The van der Waals surface area contributed by atoms with Crippen molar-refractivity contribution in [2.24, 2.45) is 0 Å². The lowest BCUT2D eigenvalue weighted by atomic mass is 10.1. The second-order valence-electron chi connectivity index (χ2n) is 3.27. The molecule has 3 heterocycles. The van der Waals surface area contributed by atoms with E-state index in [-0.39, 0.29) is 0 Å². The summed E-state index contributed by atoms with van der Waals surface area (Å²) in [4.78, 5) is 0. The maximum absolute atomic E-state index is 3.56. The average molecular weight is 252 g/mol. The Morgan fingerprint density at radius 3 is 3.10 bits per heavy atom. The standard InChI is InChI=1S/C7H13IN2/c8-10-5-6-2-1-3-7(10)4-9-6/h6-7,9H,1-5H2. The molecule has 0 aliphatic carbocycles. The molecule has 2 bridgehead atoms. The minimum atomic E-state index is 0.788. The third-order valence-corrected chi connectivity index (χ3v) is 3.70. The number of piperazine rings is 1. The molecule has 3 rings (SSSR count). The van der Waals surface area contributed by atoms with Crippen LogP contribution in [0, 0.1) is 0 Å². The lowest BCUT2D eigenvalue weighted by Gasteiger charge is -2.32. The van der Waals surface area contributed by atoms with Gasteiger partial charge in [-0.1, -0.05) is 6.42 Å². The molecular formula is C7H13IN2. The molecule has 0 amide bonds. The molecule has 2 nitrogen and oxygen atoms in total. The van der Waals surface area contributed by atoms with E-state index in [1.165, 1.54) is 32.4 Å². The first-order valence-electron chi connectivity index (χ1n) is 4.02. The van der Waals surface area contributed by atoms with Crippen LogP contribution < -0.4 is 5.32 Å². The van der Waals surface area contributed by atoms with Crippen LogP contribution >= 0.6 is 22.9 Å². The highest BCUT2D eigenvalue weighted by Crippen LogP contribution is 2.23. The van der Waals surface area contributed by atoms with E-state index in [2.05, 4.69) is 31.3 Å². The van der Waals surface area contributed by atoms with Crippen molar-refractivity contribution < 1.29 is 0 Å². The van der Waals surface area contributed by atoms with Crippen LogP contribution in [0.3, 0.4) is 0 Å². The summed E-state index contributed by atoms with van der Waals surface area (Å²) in [5.41, 5.74) is 0. The molecule has 3 saturated heterocycles. The Morgan fingerprint density at radius 1 is 1.40 bits per heavy atom. The Balaban J connectivity index is 2.07. The maximum Gasteiger partial charge on any atom is 0.0319 e. The first-order chi connectivity index (χ1) is 4.86. The predicted octanol–water partition coefficient (Wildman–Crippen LogP) is 1.16. The van der Waals surface area contributed by atoms with Crippen LogP contribution in [-0.4, -0.2) is 28.3 Å². The van der Waals surface area contributed by atoms with E-state index in [1.54, 1.807) is 0 Å². The van der Waals surface area contributed by atoms with Gasteiger partial charge < -0.3 is 5.32 Å². The molecule has 0 saturated carbocycles. The van der Waals surface area contributed by atoms with Gasteiger partial charge in [0.2, 0.25) is 0 Å². The van der Waals surface area contributed by atoms with Crippen molar-refractivity contribution in [1.82, 2.24) is 8.43 Å². The summed E-state index contributed by atoms with van der Waals surface area (Å²) in [5, 5.41) is 3.56. The van der Waals surface area contributed by atoms with Gasteiger partial charge in [-0.05, 0) is 12.8 Å². The fraction of sp³-hybridized carbons (Fsp3) is 1.00. The van der Waals surface area contributed by atoms with Gasteiger partial charge in [-0.2, -0.15) is 0 Å². The minimum absolute atomic E-state index is 0.788. The highest BCUT2D eigenvalue weighted by Gasteiger charge is 2.29. The van der Waals surface area contributed by atoms with Gasteiger partial charge in [-0.3, -0.25) is 0 Å². The molecule has 0 aromatic heterocycles. The topological polar surface area (TPSA) is 15.3 Å². The third-order valence-electron chi connectivity index (χ3n) is 2.52. The van der Waals surface area contributed by atoms with E-state index in [4.69, 9.17) is 0 Å². The SMILES string of the molecule is IN1CC2CCCC1CN2. The molecule has 3 heteroatoms. The fourth-order valence-electron chi connectivity index (χ4n) is 1.86. The second-order valence-corrected chi connectivity index (χ2v) is 4.51. The number of rotatable bonds is 0. The fourth-order valence-corrected chi connectivity index (χ4v) is 2.81. The van der Waals surface area contributed by atoms with Crippen molar-refractivity contribution in [3.8, 4) is 0 Å². The number of fused-ring (bicyclic) bond motifs is 4. The Labute approximate surface area is 75.8 Å². The average Bonchev–Trinajstić information content (AvgIpc) is 2.20. The minimum Gasteiger partial charge on any atom is -0.311 e. The van der Waals surface area contributed by atoms with Gasteiger partial charge in [0.25, 0.3) is 0 Å². The quantitative estimate of drug-likeness (QED) is 0.514. The molecule has 0 radical (unpaired) electrons. The summed E-state index contributed by atoms with van der Waals surface area (Å²) in [6.07, 6.45) is 4.20. The first kappa shape index (κ1) is 7.31. The van der Waals surface area contributed by atoms with Gasteiger partial charge >= 0.3 is 0 Å². The summed E-state index contributed by atoms with van der Waals surface area (Å²) >= 11 is 2.47. The van der Waals surface area contributed by atoms with Crippen LogP contribution in [0.1, 0.15) is 19.3 Å². The molecule has 0 aromatic rings. The number of hydrogen-bond donors (Lipinski definition) is 1. The summed E-state index contributed by atoms with van der Waals surface area (Å²) < 4.78 is 2.48. The van der Waals surface area contributed by atoms with Crippen LogP contribution in [-0.2, 0) is 0 Å². The number of nitrogens with one attached hydrogen (secondary N) is 1. The first-order valence-corrected chi connectivity index (χ1v) is 4.98. The van der Waals surface area contributed by atoms with Gasteiger partial charge in [-0.25, -0.2) is 3.11 Å². The molecular weight excluding hydrogens is 239 g/mol. The largest absolute Gasteiger partial charge is 0.311 e. The van der Waals surface area contributed by atoms with Gasteiger partial charge in [0, 0.05) is 48.0 Å². The van der Waals surface area contributed by atoms with Crippen LogP contribution in [0.2, 0.25) is 0 Å². The molecule has 3 aliphatic heterocycles.